The first-order chi connectivity index (χ1) is 15.3. The molecular formula is C22H24Cl3N3O3S. The maximum absolute atomic E-state index is 13.2. The van der Waals surface area contributed by atoms with E-state index in [1.165, 1.54) is 16.4 Å². The molecule has 0 bridgehead atoms. The molecule has 1 atom stereocenters. The summed E-state index contributed by atoms with van der Waals surface area (Å²) in [7, 11) is -3.84. The van der Waals surface area contributed by atoms with Crippen LogP contribution in [0.15, 0.2) is 47.4 Å². The summed E-state index contributed by atoms with van der Waals surface area (Å²) in [6.45, 7) is 3.11. The highest BCUT2D eigenvalue weighted by Crippen LogP contribution is 2.31. The number of amides is 1. The second-order valence-corrected chi connectivity index (χ2v) is 11.3. The molecule has 2 aromatic rings. The van der Waals surface area contributed by atoms with Gasteiger partial charge in [-0.3, -0.25) is 4.79 Å². The lowest BCUT2D eigenvalue weighted by atomic mass is 9.97. The molecule has 0 radical (unpaired) electrons. The van der Waals surface area contributed by atoms with Crippen molar-refractivity contribution in [2.75, 3.05) is 44.2 Å². The predicted octanol–water partition coefficient (Wildman–Crippen LogP) is 4.40. The Morgan fingerprint density at radius 2 is 1.62 bits per heavy atom. The number of piperidine rings is 1. The lowest BCUT2D eigenvalue weighted by molar-refractivity contribution is -0.137. The number of anilines is 1. The van der Waals surface area contributed by atoms with Gasteiger partial charge in [0.15, 0.2) is 0 Å². The Hall–Kier alpha value is -1.51. The Balaban J connectivity index is 1.41. The molecule has 2 aliphatic rings. The first-order valence-electron chi connectivity index (χ1n) is 10.5. The molecule has 172 valence electrons. The van der Waals surface area contributed by atoms with Crippen molar-refractivity contribution < 1.29 is 13.2 Å². The van der Waals surface area contributed by atoms with E-state index in [-0.39, 0.29) is 28.3 Å². The summed E-state index contributed by atoms with van der Waals surface area (Å²) in [5.41, 5.74) is 1.04. The van der Waals surface area contributed by atoms with Crippen LogP contribution >= 0.6 is 34.8 Å². The summed E-state index contributed by atoms with van der Waals surface area (Å²) in [6, 6.07) is 12.1. The summed E-state index contributed by atoms with van der Waals surface area (Å²) < 4.78 is 27.7. The van der Waals surface area contributed by atoms with Gasteiger partial charge in [-0.05, 0) is 49.2 Å². The molecular weight excluding hydrogens is 493 g/mol. The molecule has 0 spiro atoms. The molecule has 6 nitrogen and oxygen atoms in total. The predicted molar refractivity (Wildman–Crippen MR) is 128 cm³/mol. The van der Waals surface area contributed by atoms with Crippen molar-refractivity contribution >= 4 is 56.4 Å². The van der Waals surface area contributed by atoms with Gasteiger partial charge < -0.3 is 9.80 Å². The number of hydrogen-bond acceptors (Lipinski definition) is 4. The smallest absolute Gasteiger partial charge is 0.244 e. The Morgan fingerprint density at radius 1 is 0.906 bits per heavy atom. The molecule has 0 saturated carbocycles. The van der Waals surface area contributed by atoms with Gasteiger partial charge in [-0.15, -0.1) is 0 Å². The molecule has 4 rings (SSSR count). The van der Waals surface area contributed by atoms with Gasteiger partial charge in [-0.25, -0.2) is 8.42 Å². The van der Waals surface area contributed by atoms with E-state index in [1.54, 1.807) is 6.07 Å². The molecule has 0 aromatic heterocycles. The molecule has 0 N–H and O–H groups in total. The van der Waals surface area contributed by atoms with Crippen LogP contribution in [0, 0.1) is 5.92 Å². The molecule has 2 aliphatic heterocycles. The minimum atomic E-state index is -3.84. The minimum absolute atomic E-state index is 0.00725. The number of hydrogen-bond donors (Lipinski definition) is 0. The third-order valence-electron chi connectivity index (χ3n) is 6.01. The number of carbonyl (C=O) groups excluding carboxylic acids is 1. The minimum Gasteiger partial charge on any atom is -0.368 e. The third-order valence-corrected chi connectivity index (χ3v) is 8.83. The third kappa shape index (κ3) is 5.02. The average molecular weight is 517 g/mol. The quantitative estimate of drug-likeness (QED) is 0.604. The molecule has 0 aliphatic carbocycles. The van der Waals surface area contributed by atoms with Crippen molar-refractivity contribution in [3.05, 3.63) is 57.5 Å². The van der Waals surface area contributed by atoms with Crippen molar-refractivity contribution in [2.45, 2.75) is 17.7 Å². The lowest BCUT2D eigenvalue weighted by Gasteiger charge is -2.39. The summed E-state index contributed by atoms with van der Waals surface area (Å²) in [6.07, 6.45) is 1.29. The molecule has 2 aromatic carbocycles. The average Bonchev–Trinajstić information content (AvgIpc) is 2.80. The fraction of sp³-hybridized carbons (Fsp3) is 0.409. The fourth-order valence-electron chi connectivity index (χ4n) is 4.29. The SMILES string of the molecule is O=C([C@H]1CCCN(S(=O)(=O)c2cc(Cl)ccc2Cl)C1)N1CCN(c2cccc(Cl)c2)CC1. The lowest BCUT2D eigenvalue weighted by Crippen LogP contribution is -2.53. The Morgan fingerprint density at radius 3 is 2.34 bits per heavy atom. The Labute approximate surface area is 203 Å². The van der Waals surface area contributed by atoms with Crippen LogP contribution in [0.5, 0.6) is 0 Å². The zero-order valence-corrected chi connectivity index (χ0v) is 20.5. The Bertz CT molecular complexity index is 1100. The normalized spacial score (nSPS) is 20.4. The van der Waals surface area contributed by atoms with Crippen LogP contribution in [-0.2, 0) is 14.8 Å². The van der Waals surface area contributed by atoms with Crippen LogP contribution < -0.4 is 4.90 Å². The number of piperazine rings is 1. The molecule has 32 heavy (non-hydrogen) atoms. The first kappa shape index (κ1) is 23.6. The van der Waals surface area contributed by atoms with Crippen LogP contribution in [0.3, 0.4) is 0 Å². The number of halogens is 3. The van der Waals surface area contributed by atoms with Crippen LogP contribution in [0.1, 0.15) is 12.8 Å². The highest BCUT2D eigenvalue weighted by atomic mass is 35.5. The standard InChI is InChI=1S/C22H24Cl3N3O3S/c23-17-4-1-5-19(13-17)26-9-11-27(12-10-26)22(29)16-3-2-8-28(15-16)32(30,31)21-14-18(24)6-7-20(21)25/h1,4-7,13-14,16H,2-3,8-12,15H2/t16-/m0/s1. The van der Waals surface area contributed by atoms with Gasteiger partial charge in [0.05, 0.1) is 10.9 Å². The van der Waals surface area contributed by atoms with E-state index in [2.05, 4.69) is 4.90 Å². The van der Waals surface area contributed by atoms with Crippen molar-refractivity contribution in [3.63, 3.8) is 0 Å². The van der Waals surface area contributed by atoms with E-state index >= 15 is 0 Å². The molecule has 1 amide bonds. The highest BCUT2D eigenvalue weighted by molar-refractivity contribution is 7.89. The van der Waals surface area contributed by atoms with Gasteiger partial charge in [-0.2, -0.15) is 4.31 Å². The molecule has 2 fully saturated rings. The van der Waals surface area contributed by atoms with Gasteiger partial charge in [0.2, 0.25) is 15.9 Å². The van der Waals surface area contributed by atoms with Crippen LogP contribution in [-0.4, -0.2) is 62.8 Å². The first-order valence-corrected chi connectivity index (χ1v) is 13.1. The van der Waals surface area contributed by atoms with Crippen molar-refractivity contribution in [2.24, 2.45) is 5.92 Å². The van der Waals surface area contributed by atoms with E-state index in [9.17, 15) is 13.2 Å². The molecule has 2 saturated heterocycles. The number of rotatable bonds is 4. The fourth-order valence-corrected chi connectivity index (χ4v) is 6.74. The largest absolute Gasteiger partial charge is 0.368 e. The monoisotopic (exact) mass is 515 g/mol. The van der Waals surface area contributed by atoms with E-state index in [0.717, 1.165) is 5.69 Å². The highest BCUT2D eigenvalue weighted by Gasteiger charge is 2.36. The second-order valence-electron chi connectivity index (χ2n) is 8.07. The van der Waals surface area contributed by atoms with Crippen LogP contribution in [0.2, 0.25) is 15.1 Å². The van der Waals surface area contributed by atoms with Gasteiger partial charge in [0.25, 0.3) is 0 Å². The number of nitrogens with zero attached hydrogens (tertiary/aromatic N) is 3. The van der Waals surface area contributed by atoms with Gasteiger partial charge >= 0.3 is 0 Å². The maximum Gasteiger partial charge on any atom is 0.244 e. The maximum atomic E-state index is 13.2. The molecule has 0 unspecified atom stereocenters. The van der Waals surface area contributed by atoms with Gasteiger partial charge in [-0.1, -0.05) is 40.9 Å². The molecule has 2 heterocycles. The van der Waals surface area contributed by atoms with Crippen LogP contribution in [0.25, 0.3) is 0 Å². The summed E-state index contributed by atoms with van der Waals surface area (Å²) >= 11 is 18.2. The van der Waals surface area contributed by atoms with Gasteiger partial charge in [0.1, 0.15) is 4.90 Å². The second kappa shape index (κ2) is 9.77. The molecule has 10 heteroatoms. The zero-order valence-electron chi connectivity index (χ0n) is 17.4. The van der Waals surface area contributed by atoms with Crippen LogP contribution in [0.4, 0.5) is 5.69 Å². The van der Waals surface area contributed by atoms with Crippen molar-refractivity contribution in [1.82, 2.24) is 9.21 Å². The topological polar surface area (TPSA) is 60.9 Å². The van der Waals surface area contributed by atoms with E-state index in [4.69, 9.17) is 34.8 Å². The number of sulfonamides is 1. The van der Waals surface area contributed by atoms with E-state index in [0.29, 0.717) is 55.6 Å². The summed E-state index contributed by atoms with van der Waals surface area (Å²) in [5.74, 6) is -0.359. The summed E-state index contributed by atoms with van der Waals surface area (Å²) in [4.78, 5) is 17.2. The van der Waals surface area contributed by atoms with Crippen molar-refractivity contribution in [1.29, 1.82) is 0 Å². The van der Waals surface area contributed by atoms with E-state index < -0.39 is 10.0 Å². The van der Waals surface area contributed by atoms with E-state index in [1.807, 2.05) is 29.2 Å². The Kier molecular flexibility index (Phi) is 7.22. The van der Waals surface area contributed by atoms with Gasteiger partial charge in [0, 0.05) is 55.0 Å². The zero-order chi connectivity index (χ0) is 22.9. The van der Waals surface area contributed by atoms with Crippen molar-refractivity contribution in [3.8, 4) is 0 Å². The number of carbonyl (C=O) groups is 1. The summed E-state index contributed by atoms with van der Waals surface area (Å²) in [5, 5.41) is 1.11. The number of benzene rings is 2.